The lowest BCUT2D eigenvalue weighted by Gasteiger charge is -2.39. The number of benzene rings is 2. The van der Waals surface area contributed by atoms with Crippen LogP contribution >= 0.6 is 11.8 Å². The number of anilines is 2. The smallest absolute Gasteiger partial charge is 0.321 e. The summed E-state index contributed by atoms with van der Waals surface area (Å²) in [5.74, 6) is -4.02. The van der Waals surface area contributed by atoms with Crippen molar-refractivity contribution < 1.29 is 62.1 Å². The number of thioether (sulfide) groups is 1. The van der Waals surface area contributed by atoms with E-state index in [1.165, 1.54) is 31.4 Å². The van der Waals surface area contributed by atoms with Gasteiger partial charge < -0.3 is 55.0 Å². The zero-order valence-electron chi connectivity index (χ0n) is 44.0. The van der Waals surface area contributed by atoms with Crippen LogP contribution in [0.15, 0.2) is 46.9 Å². The summed E-state index contributed by atoms with van der Waals surface area (Å²) in [7, 11) is 1.43. The number of carbonyl (C=O) groups excluding carboxylic acids is 7. The monoisotopic (exact) mass is 1110 g/mol. The molecule has 4 aromatic heterocycles. The number of carbonyl (C=O) groups is 8. The fourth-order valence-electron chi connectivity index (χ4n) is 9.01. The molecule has 8 rings (SSSR count). The molecular formula is C51H60N14O13S. The Bertz CT molecular complexity index is 3410. The molecule has 27 nitrogen and oxygen atoms in total. The summed E-state index contributed by atoms with van der Waals surface area (Å²) in [6, 6.07) is 6.42. The van der Waals surface area contributed by atoms with E-state index in [1.54, 1.807) is 50.8 Å². The van der Waals surface area contributed by atoms with E-state index in [4.69, 9.17) is 45.9 Å². The lowest BCUT2D eigenvalue weighted by atomic mass is 10.1. The lowest BCUT2D eigenvalue weighted by Crippen LogP contribution is -2.55. The Kier molecular flexibility index (Phi) is 17.4. The van der Waals surface area contributed by atoms with Crippen LogP contribution in [0.1, 0.15) is 92.1 Å². The summed E-state index contributed by atoms with van der Waals surface area (Å²) < 4.78 is 28.7. The Morgan fingerprint density at radius 2 is 1.49 bits per heavy atom. The summed E-state index contributed by atoms with van der Waals surface area (Å²) in [6.07, 6.45) is 3.89. The first-order valence-electron chi connectivity index (χ1n) is 25.3. The number of rotatable bonds is 26. The number of ether oxygens (including phenoxy) is 3. The first-order valence-corrected chi connectivity index (χ1v) is 26.3. The number of nitrogens with zero attached hydrogens (tertiary/aromatic N) is 9. The number of hydrogen-bond acceptors (Lipinski definition) is 18. The number of carboxylic acids is 1. The summed E-state index contributed by atoms with van der Waals surface area (Å²) >= 11 is 1.01. The molecule has 6 aromatic rings. The molecule has 79 heavy (non-hydrogen) atoms. The highest BCUT2D eigenvalue weighted by atomic mass is 32.2. The number of aliphatic carboxylic acids is 1. The van der Waals surface area contributed by atoms with E-state index in [0.29, 0.717) is 72.0 Å². The molecule has 9 N–H and O–H groups in total. The van der Waals surface area contributed by atoms with Crippen molar-refractivity contribution >= 4 is 93.0 Å². The number of imide groups is 1. The molecule has 2 aliphatic heterocycles. The zero-order valence-corrected chi connectivity index (χ0v) is 44.8. The van der Waals surface area contributed by atoms with Crippen LogP contribution in [-0.2, 0) is 50.0 Å². The summed E-state index contributed by atoms with van der Waals surface area (Å²) in [6.45, 7) is 8.49. The highest BCUT2D eigenvalue weighted by Crippen LogP contribution is 2.34. The molecule has 6 heterocycles. The highest BCUT2D eigenvalue weighted by molar-refractivity contribution is 8.00. The molecule has 2 fully saturated rings. The Morgan fingerprint density at radius 3 is 2.09 bits per heavy atom. The van der Waals surface area contributed by atoms with Crippen molar-refractivity contribution in [2.45, 2.75) is 90.4 Å². The van der Waals surface area contributed by atoms with Crippen LogP contribution in [0, 0.1) is 13.8 Å². The molecular weight excluding hydrogens is 1050 g/mol. The van der Waals surface area contributed by atoms with Gasteiger partial charge in [0.25, 0.3) is 11.8 Å². The van der Waals surface area contributed by atoms with E-state index in [0.717, 1.165) is 16.7 Å². The molecule has 2 unspecified atom stereocenters. The fourth-order valence-corrected chi connectivity index (χ4v) is 10.1. The van der Waals surface area contributed by atoms with E-state index >= 15 is 0 Å². The maximum atomic E-state index is 13.9. The van der Waals surface area contributed by atoms with Crippen molar-refractivity contribution in [1.82, 2.24) is 43.7 Å². The third kappa shape index (κ3) is 12.6. The molecule has 2 atom stereocenters. The minimum atomic E-state index is -1.21. The van der Waals surface area contributed by atoms with Gasteiger partial charge in [0.05, 0.1) is 54.1 Å². The van der Waals surface area contributed by atoms with E-state index < -0.39 is 52.7 Å². The Balaban J connectivity index is 0.976. The number of allylic oxidation sites excluding steroid dienone is 2. The third-order valence-corrected chi connectivity index (χ3v) is 14.3. The number of methoxy groups -OCH3 is 1. The average Bonchev–Trinajstić information content (AvgIpc) is 4.41. The molecule has 0 aliphatic carbocycles. The maximum absolute atomic E-state index is 13.9. The van der Waals surface area contributed by atoms with Crippen molar-refractivity contribution in [3.05, 3.63) is 82.3 Å². The second-order valence-corrected chi connectivity index (χ2v) is 19.8. The van der Waals surface area contributed by atoms with Crippen molar-refractivity contribution in [1.29, 1.82) is 0 Å². The van der Waals surface area contributed by atoms with E-state index in [2.05, 4.69) is 25.7 Å². The molecule has 7 amide bonds. The largest absolute Gasteiger partial charge is 0.494 e. The van der Waals surface area contributed by atoms with Crippen LogP contribution in [-0.4, -0.2) is 159 Å². The molecule has 0 bridgehead atoms. The SMILES string of the molecule is CCc1nc(C)oc1C(=O)Nc1nc2cc(C(N)=O)cc(OCCCOC3CN(C(=O)CCN4C(=O)CC(SCC(N)C(=O)O)C4=O)C3)c2n1C/C=C/Cn1c(NC(=O)c2cc(C)nn2CC)nc2cc(C(N)=O)cc(OC)c21. The van der Waals surface area contributed by atoms with Gasteiger partial charge in [-0.1, -0.05) is 19.1 Å². The van der Waals surface area contributed by atoms with Gasteiger partial charge in [-0.2, -0.15) is 5.10 Å². The van der Waals surface area contributed by atoms with Crippen LogP contribution in [0.4, 0.5) is 11.9 Å². The fraction of sp³-hybridized carbons (Fsp3) is 0.412. The number of oxazole rings is 1. The predicted molar refractivity (Wildman–Crippen MR) is 286 cm³/mol. The first kappa shape index (κ1) is 56.6. The minimum absolute atomic E-state index is 0.00358. The normalized spacial score (nSPS) is 15.1. The number of fused-ring (bicyclic) bond motifs is 2. The molecule has 2 aromatic carbocycles. The van der Waals surface area contributed by atoms with Crippen molar-refractivity contribution in [2.75, 3.05) is 56.3 Å². The summed E-state index contributed by atoms with van der Waals surface area (Å²) in [5.41, 5.74) is 20.0. The van der Waals surface area contributed by atoms with Gasteiger partial charge in [0, 0.05) is 82.3 Å². The van der Waals surface area contributed by atoms with Gasteiger partial charge in [0.2, 0.25) is 47.2 Å². The highest BCUT2D eigenvalue weighted by Gasteiger charge is 2.40. The molecule has 0 spiro atoms. The van der Waals surface area contributed by atoms with Crippen molar-refractivity contribution in [3.8, 4) is 11.5 Å². The quantitative estimate of drug-likeness (QED) is 0.0258. The van der Waals surface area contributed by atoms with Crippen LogP contribution in [0.3, 0.4) is 0 Å². The van der Waals surface area contributed by atoms with Gasteiger partial charge in [-0.25, -0.2) is 15.0 Å². The second kappa shape index (κ2) is 24.4. The Morgan fingerprint density at radius 1 is 0.873 bits per heavy atom. The van der Waals surface area contributed by atoms with Crippen LogP contribution in [0.5, 0.6) is 11.5 Å². The lowest BCUT2D eigenvalue weighted by molar-refractivity contribution is -0.146. The number of hydrogen-bond donors (Lipinski definition) is 6. The number of imidazole rings is 2. The number of nitrogens with one attached hydrogen (secondary N) is 2. The Hall–Kier alpha value is -8.63. The topological polar surface area (TPSA) is 373 Å². The molecule has 418 valence electrons. The summed E-state index contributed by atoms with van der Waals surface area (Å²) in [4.78, 5) is 118. The minimum Gasteiger partial charge on any atom is -0.494 e. The average molecular weight is 1110 g/mol. The van der Waals surface area contributed by atoms with E-state index in [1.807, 2.05) is 13.8 Å². The van der Waals surface area contributed by atoms with Gasteiger partial charge in [-0.3, -0.25) is 58.6 Å². The van der Waals surface area contributed by atoms with Gasteiger partial charge >= 0.3 is 5.97 Å². The number of nitrogens with two attached hydrogens (primary N) is 3. The predicted octanol–water partition coefficient (Wildman–Crippen LogP) is 2.40. The Labute approximate surface area is 455 Å². The molecule has 28 heteroatoms. The van der Waals surface area contributed by atoms with Gasteiger partial charge in [-0.05, 0) is 50.6 Å². The molecule has 2 aliphatic rings. The van der Waals surface area contributed by atoms with Gasteiger partial charge in [0.15, 0.2) is 5.89 Å². The number of amides is 7. The van der Waals surface area contributed by atoms with Gasteiger partial charge in [-0.15, -0.1) is 11.8 Å². The number of likely N-dealkylation sites (tertiary alicyclic amines) is 2. The van der Waals surface area contributed by atoms with Crippen molar-refractivity contribution in [2.24, 2.45) is 17.2 Å². The van der Waals surface area contributed by atoms with Gasteiger partial charge in [0.1, 0.15) is 34.3 Å². The molecule has 2 saturated heterocycles. The number of aryl methyl sites for hydroxylation is 4. The standard InChI is InChI=1S/C51H60N14O13S/c1-6-32-43(78-27(4)55-32)47(71)59-51-57-34-19-29(45(54)69)21-37(77-16-10-15-76-30-23-61(24-30)39(66)11-14-62-40(67)22-38(48(62)72)79-25-31(52)49(73)74)42(34)64(51)13-9-8-12-63-41-33(18-28(44(53)68)20-36(41)75-5)56-50(63)58-46(70)35-17-26(3)60-65(35)7-2/h8-9,17-21,30-31,38H,6-7,10-16,22-25,52H2,1-5H3,(H2,53,68)(H2,54,69)(H,73,74)(H,56,58,70)(H,57,59,71)/b9-8+. The van der Waals surface area contributed by atoms with Crippen LogP contribution in [0.2, 0.25) is 0 Å². The third-order valence-electron chi connectivity index (χ3n) is 13.0. The number of carboxylic acid groups (broad SMARTS) is 1. The number of primary amides is 2. The summed E-state index contributed by atoms with van der Waals surface area (Å²) in [5, 5.41) is 18.4. The molecule has 0 saturated carbocycles. The molecule has 0 radical (unpaired) electrons. The van der Waals surface area contributed by atoms with Crippen molar-refractivity contribution in [3.63, 3.8) is 0 Å². The van der Waals surface area contributed by atoms with Crippen LogP contribution in [0.25, 0.3) is 22.1 Å². The first-order chi connectivity index (χ1) is 37.8. The maximum Gasteiger partial charge on any atom is 0.321 e. The van der Waals surface area contributed by atoms with E-state index in [9.17, 15) is 38.4 Å². The van der Waals surface area contributed by atoms with Crippen LogP contribution < -0.4 is 37.3 Å². The number of aromatic nitrogens is 7. The second-order valence-electron chi connectivity index (χ2n) is 18.5. The van der Waals surface area contributed by atoms with E-state index in [-0.39, 0.29) is 109 Å². The zero-order chi connectivity index (χ0) is 56.8.